The molecule has 0 saturated heterocycles. The zero-order valence-corrected chi connectivity index (χ0v) is 11.4. The molecule has 0 aliphatic rings. The monoisotopic (exact) mass is 253 g/mol. The van der Waals surface area contributed by atoms with Gasteiger partial charge in [0.15, 0.2) is 0 Å². The first-order chi connectivity index (χ1) is 8.65. The third-order valence-corrected chi connectivity index (χ3v) is 2.60. The van der Waals surface area contributed by atoms with Crippen molar-refractivity contribution in [3.8, 4) is 0 Å². The second-order valence-corrected chi connectivity index (χ2v) is 4.56. The molecule has 0 amide bonds. The van der Waals surface area contributed by atoms with Crippen molar-refractivity contribution in [2.24, 2.45) is 11.8 Å². The molecule has 0 radical (unpaired) electrons. The number of anilines is 2. The molecule has 6 heteroatoms. The van der Waals surface area contributed by atoms with E-state index in [1.54, 1.807) is 0 Å². The molecule has 18 heavy (non-hydrogen) atoms. The van der Waals surface area contributed by atoms with Gasteiger partial charge in [-0.1, -0.05) is 13.8 Å². The van der Waals surface area contributed by atoms with Crippen LogP contribution >= 0.6 is 0 Å². The van der Waals surface area contributed by atoms with Crippen molar-refractivity contribution >= 4 is 11.6 Å². The van der Waals surface area contributed by atoms with Crippen LogP contribution in [0.2, 0.25) is 0 Å². The first-order valence-corrected chi connectivity index (χ1v) is 6.25. The maximum atomic E-state index is 5.52. The summed E-state index contributed by atoms with van der Waals surface area (Å²) in [7, 11) is 0. The van der Waals surface area contributed by atoms with Gasteiger partial charge in [0.1, 0.15) is 18.0 Å². The standard InChI is InChI=1S/C12H23N5O/c1-9(2)4-6-18-7-5-14-11-10(3)12(17-13)16-8-15-11/h8-9H,4-7,13H2,1-3H3,(H2,14,15,16,17). The van der Waals surface area contributed by atoms with Crippen molar-refractivity contribution in [1.82, 2.24) is 9.97 Å². The minimum Gasteiger partial charge on any atom is -0.380 e. The van der Waals surface area contributed by atoms with E-state index in [4.69, 9.17) is 10.6 Å². The van der Waals surface area contributed by atoms with Gasteiger partial charge in [-0.3, -0.25) is 0 Å². The van der Waals surface area contributed by atoms with Gasteiger partial charge in [0.25, 0.3) is 0 Å². The number of hydrogen-bond donors (Lipinski definition) is 3. The third kappa shape index (κ3) is 4.85. The Kier molecular flexibility index (Phi) is 6.38. The molecule has 6 nitrogen and oxygen atoms in total. The minimum atomic E-state index is 0.633. The van der Waals surface area contributed by atoms with E-state index in [1.165, 1.54) is 6.33 Å². The highest BCUT2D eigenvalue weighted by molar-refractivity contribution is 5.55. The predicted octanol–water partition coefficient (Wildman–Crippen LogP) is 1.55. The molecule has 4 N–H and O–H groups in total. The van der Waals surface area contributed by atoms with E-state index in [0.717, 1.165) is 31.0 Å². The van der Waals surface area contributed by atoms with Crippen LogP contribution in [0.4, 0.5) is 11.6 Å². The molecule has 0 saturated carbocycles. The van der Waals surface area contributed by atoms with E-state index in [2.05, 4.69) is 34.6 Å². The highest BCUT2D eigenvalue weighted by Crippen LogP contribution is 2.16. The molecular formula is C12H23N5O. The first-order valence-electron chi connectivity index (χ1n) is 6.25. The van der Waals surface area contributed by atoms with Crippen molar-refractivity contribution in [2.45, 2.75) is 27.2 Å². The third-order valence-electron chi connectivity index (χ3n) is 2.60. The summed E-state index contributed by atoms with van der Waals surface area (Å²) in [5.41, 5.74) is 3.44. The number of nitrogens with two attached hydrogens (primary N) is 1. The molecule has 0 bridgehead atoms. The van der Waals surface area contributed by atoms with E-state index in [9.17, 15) is 0 Å². The number of rotatable bonds is 8. The van der Waals surface area contributed by atoms with Crippen LogP contribution in [0.3, 0.4) is 0 Å². The summed E-state index contributed by atoms with van der Waals surface area (Å²) in [6.07, 6.45) is 2.57. The number of nitrogens with zero attached hydrogens (tertiary/aromatic N) is 2. The molecule has 0 spiro atoms. The average Bonchev–Trinajstić information content (AvgIpc) is 2.35. The molecule has 0 aliphatic carbocycles. The molecule has 102 valence electrons. The Balaban J connectivity index is 2.27. The van der Waals surface area contributed by atoms with Gasteiger partial charge in [-0.25, -0.2) is 15.8 Å². The second-order valence-electron chi connectivity index (χ2n) is 4.56. The minimum absolute atomic E-state index is 0.633. The Bertz CT molecular complexity index is 356. The molecule has 0 aliphatic heterocycles. The van der Waals surface area contributed by atoms with Crippen LogP contribution in [-0.4, -0.2) is 29.7 Å². The summed E-state index contributed by atoms with van der Waals surface area (Å²) < 4.78 is 5.52. The molecule has 1 heterocycles. The maximum Gasteiger partial charge on any atom is 0.148 e. The van der Waals surface area contributed by atoms with Crippen molar-refractivity contribution in [1.29, 1.82) is 0 Å². The van der Waals surface area contributed by atoms with Crippen LogP contribution in [0.15, 0.2) is 6.33 Å². The summed E-state index contributed by atoms with van der Waals surface area (Å²) in [6, 6.07) is 0. The Morgan fingerprint density at radius 3 is 2.67 bits per heavy atom. The van der Waals surface area contributed by atoms with Crippen LogP contribution in [0.5, 0.6) is 0 Å². The van der Waals surface area contributed by atoms with Crippen molar-refractivity contribution in [3.63, 3.8) is 0 Å². The molecule has 1 aromatic rings. The largest absolute Gasteiger partial charge is 0.380 e. The highest BCUT2D eigenvalue weighted by Gasteiger charge is 2.04. The van der Waals surface area contributed by atoms with E-state index in [0.29, 0.717) is 18.3 Å². The summed E-state index contributed by atoms with van der Waals surface area (Å²) in [5.74, 6) is 7.45. The van der Waals surface area contributed by atoms with Gasteiger partial charge in [0, 0.05) is 18.7 Å². The van der Waals surface area contributed by atoms with Gasteiger partial charge in [-0.2, -0.15) is 0 Å². The molecular weight excluding hydrogens is 230 g/mol. The number of aromatic nitrogens is 2. The SMILES string of the molecule is Cc1c(NN)ncnc1NCCOCCC(C)C. The molecule has 0 unspecified atom stereocenters. The summed E-state index contributed by atoms with van der Waals surface area (Å²) in [5, 5.41) is 3.20. The Hall–Kier alpha value is -1.40. The van der Waals surface area contributed by atoms with Crippen LogP contribution in [0, 0.1) is 12.8 Å². The van der Waals surface area contributed by atoms with Crippen LogP contribution in [0.25, 0.3) is 0 Å². The summed E-state index contributed by atoms with van der Waals surface area (Å²) in [4.78, 5) is 8.18. The topological polar surface area (TPSA) is 85.1 Å². The molecule has 0 aromatic carbocycles. The van der Waals surface area contributed by atoms with Gasteiger partial charge in [-0.15, -0.1) is 0 Å². The van der Waals surface area contributed by atoms with E-state index < -0.39 is 0 Å². The fourth-order valence-electron chi connectivity index (χ4n) is 1.44. The maximum absolute atomic E-state index is 5.52. The lowest BCUT2D eigenvalue weighted by molar-refractivity contribution is 0.132. The molecule has 0 fully saturated rings. The van der Waals surface area contributed by atoms with Gasteiger partial charge >= 0.3 is 0 Å². The molecule has 1 aromatic heterocycles. The molecule has 0 atom stereocenters. The quantitative estimate of drug-likeness (QED) is 0.370. The average molecular weight is 253 g/mol. The van der Waals surface area contributed by atoms with Crippen molar-refractivity contribution in [2.75, 3.05) is 30.5 Å². The molecule has 1 rings (SSSR count). The lowest BCUT2D eigenvalue weighted by Crippen LogP contribution is -2.15. The smallest absolute Gasteiger partial charge is 0.148 e. The normalized spacial score (nSPS) is 10.7. The van der Waals surface area contributed by atoms with Gasteiger partial charge in [0.05, 0.1) is 6.61 Å². The highest BCUT2D eigenvalue weighted by atomic mass is 16.5. The van der Waals surface area contributed by atoms with Crippen LogP contribution in [0.1, 0.15) is 25.8 Å². The fraction of sp³-hybridized carbons (Fsp3) is 0.667. The van der Waals surface area contributed by atoms with Crippen molar-refractivity contribution in [3.05, 3.63) is 11.9 Å². The summed E-state index contributed by atoms with van der Waals surface area (Å²) in [6.45, 7) is 8.48. The predicted molar refractivity (Wildman–Crippen MR) is 73.3 cm³/mol. The van der Waals surface area contributed by atoms with Gasteiger partial charge in [0.2, 0.25) is 0 Å². The first kappa shape index (κ1) is 14.7. The summed E-state index contributed by atoms with van der Waals surface area (Å²) >= 11 is 0. The Labute approximate surface area is 108 Å². The van der Waals surface area contributed by atoms with E-state index in [-0.39, 0.29) is 0 Å². The van der Waals surface area contributed by atoms with Gasteiger partial charge in [-0.05, 0) is 19.3 Å². The van der Waals surface area contributed by atoms with E-state index in [1.807, 2.05) is 6.92 Å². The van der Waals surface area contributed by atoms with Crippen LogP contribution < -0.4 is 16.6 Å². The lowest BCUT2D eigenvalue weighted by Gasteiger charge is -2.11. The Morgan fingerprint density at radius 2 is 2.00 bits per heavy atom. The van der Waals surface area contributed by atoms with E-state index >= 15 is 0 Å². The fourth-order valence-corrected chi connectivity index (χ4v) is 1.44. The van der Waals surface area contributed by atoms with Crippen LogP contribution in [-0.2, 0) is 4.74 Å². The lowest BCUT2D eigenvalue weighted by atomic mass is 10.1. The zero-order valence-electron chi connectivity index (χ0n) is 11.4. The number of nitrogens with one attached hydrogen (secondary N) is 2. The number of hydrazine groups is 1. The number of ether oxygens (including phenoxy) is 1. The zero-order chi connectivity index (χ0) is 13.4. The number of nitrogen functional groups attached to an aromatic ring is 1. The second kappa shape index (κ2) is 7.84. The van der Waals surface area contributed by atoms with Gasteiger partial charge < -0.3 is 15.5 Å². The van der Waals surface area contributed by atoms with Crippen molar-refractivity contribution < 1.29 is 4.74 Å². The number of hydrogen-bond acceptors (Lipinski definition) is 6. The Morgan fingerprint density at radius 1 is 1.28 bits per heavy atom.